The van der Waals surface area contributed by atoms with Crippen LogP contribution in [0.3, 0.4) is 0 Å². The molecule has 2 rings (SSSR count). The molecule has 2 N–H and O–H groups in total. The molecule has 0 aliphatic rings. The highest BCUT2D eigenvalue weighted by Crippen LogP contribution is 2.24. The summed E-state index contributed by atoms with van der Waals surface area (Å²) in [6.45, 7) is 1.52. The van der Waals surface area contributed by atoms with Crippen LogP contribution < -0.4 is 5.32 Å². The molecule has 0 spiro atoms. The van der Waals surface area contributed by atoms with Crippen LogP contribution in [0.4, 0.5) is 10.1 Å². The van der Waals surface area contributed by atoms with E-state index in [2.05, 4.69) is 5.32 Å². The summed E-state index contributed by atoms with van der Waals surface area (Å²) in [6, 6.07) is 10.0. The van der Waals surface area contributed by atoms with E-state index in [9.17, 15) is 14.0 Å². The first-order valence-corrected chi connectivity index (χ1v) is 7.03. The zero-order valence-corrected chi connectivity index (χ0v) is 12.9. The number of carbonyl (C=O) groups is 2. The zero-order chi connectivity index (χ0) is 17.0. The maximum Gasteiger partial charge on any atom is 0.335 e. The monoisotopic (exact) mass is 333 g/mol. The molecule has 6 heteroatoms. The molecule has 2 aromatic carbocycles. The van der Waals surface area contributed by atoms with Crippen LogP contribution in [0.1, 0.15) is 22.8 Å². The number of amides is 1. The van der Waals surface area contributed by atoms with Gasteiger partial charge in [-0.3, -0.25) is 4.79 Å². The first-order valence-electron chi connectivity index (χ1n) is 6.65. The first kappa shape index (κ1) is 16.7. The highest BCUT2D eigenvalue weighted by atomic mass is 35.5. The largest absolute Gasteiger partial charge is 0.478 e. The van der Waals surface area contributed by atoms with Crippen molar-refractivity contribution in [3.63, 3.8) is 0 Å². The maximum absolute atomic E-state index is 13.6. The van der Waals surface area contributed by atoms with Crippen molar-refractivity contribution in [2.24, 2.45) is 0 Å². The van der Waals surface area contributed by atoms with Gasteiger partial charge in [-0.05, 0) is 37.3 Å². The van der Waals surface area contributed by atoms with E-state index < -0.39 is 17.7 Å². The Labute approximate surface area is 137 Å². The van der Waals surface area contributed by atoms with Crippen molar-refractivity contribution in [2.45, 2.75) is 6.92 Å². The van der Waals surface area contributed by atoms with Gasteiger partial charge in [-0.15, -0.1) is 0 Å². The Kier molecular flexibility index (Phi) is 5.13. The molecule has 0 aliphatic carbocycles. The molecule has 0 saturated heterocycles. The number of aromatic carboxylic acids is 1. The zero-order valence-electron chi connectivity index (χ0n) is 12.1. The Morgan fingerprint density at radius 3 is 2.57 bits per heavy atom. The third-order valence-corrected chi connectivity index (χ3v) is 3.43. The lowest BCUT2D eigenvalue weighted by Gasteiger charge is -2.09. The van der Waals surface area contributed by atoms with Gasteiger partial charge >= 0.3 is 5.97 Å². The van der Waals surface area contributed by atoms with Crippen molar-refractivity contribution < 1.29 is 19.1 Å². The third kappa shape index (κ3) is 4.17. The molecule has 0 fully saturated rings. The molecule has 0 aromatic heterocycles. The van der Waals surface area contributed by atoms with E-state index in [1.165, 1.54) is 37.3 Å². The number of benzene rings is 2. The Bertz CT molecular complexity index is 802. The summed E-state index contributed by atoms with van der Waals surface area (Å²) in [6.07, 6.45) is 1.40. The van der Waals surface area contributed by atoms with E-state index in [1.807, 2.05) is 0 Å². The lowest BCUT2D eigenvalue weighted by Crippen LogP contribution is -2.13. The fraction of sp³-hybridized carbons (Fsp3) is 0.0588. The Balaban J connectivity index is 2.23. The molecule has 0 heterocycles. The van der Waals surface area contributed by atoms with Crippen LogP contribution in [0.5, 0.6) is 0 Å². The van der Waals surface area contributed by atoms with Gasteiger partial charge in [0.1, 0.15) is 5.82 Å². The number of anilines is 1. The van der Waals surface area contributed by atoms with Crippen LogP contribution in [-0.4, -0.2) is 17.0 Å². The second kappa shape index (κ2) is 7.07. The number of carbonyl (C=O) groups excluding carboxylic acids is 1. The Morgan fingerprint density at radius 1 is 1.22 bits per heavy atom. The lowest BCUT2D eigenvalue weighted by atomic mass is 10.1. The van der Waals surface area contributed by atoms with Gasteiger partial charge in [0.05, 0.1) is 16.3 Å². The molecule has 4 nitrogen and oxygen atoms in total. The number of halogens is 2. The molecule has 2 aromatic rings. The summed E-state index contributed by atoms with van der Waals surface area (Å²) in [5.74, 6) is -2.07. The second-order valence-corrected chi connectivity index (χ2v) is 5.21. The highest BCUT2D eigenvalue weighted by molar-refractivity contribution is 6.34. The van der Waals surface area contributed by atoms with Crippen LogP contribution in [0.2, 0.25) is 5.02 Å². The van der Waals surface area contributed by atoms with E-state index in [4.69, 9.17) is 16.7 Å². The smallest absolute Gasteiger partial charge is 0.335 e. The highest BCUT2D eigenvalue weighted by Gasteiger charge is 2.11. The fourth-order valence-corrected chi connectivity index (χ4v) is 2.03. The fourth-order valence-electron chi connectivity index (χ4n) is 1.87. The predicted molar refractivity (Wildman–Crippen MR) is 87.1 cm³/mol. The standard InChI is InChI=1S/C17H13ClFNO3/c1-10(8-11-4-2-3-5-14(11)19)16(21)20-15-9-12(17(22)23)6-7-13(15)18/h2-9H,1H3,(H,20,21)(H,22,23)/b10-8+. The van der Waals surface area contributed by atoms with Crippen LogP contribution in [0.25, 0.3) is 6.08 Å². The molecular weight excluding hydrogens is 321 g/mol. The van der Waals surface area contributed by atoms with Crippen molar-refractivity contribution in [3.8, 4) is 0 Å². The predicted octanol–water partition coefficient (Wildman–Crippen LogP) is 4.22. The van der Waals surface area contributed by atoms with E-state index in [-0.39, 0.29) is 27.4 Å². The van der Waals surface area contributed by atoms with E-state index in [1.54, 1.807) is 18.2 Å². The van der Waals surface area contributed by atoms with E-state index in [0.717, 1.165) is 0 Å². The van der Waals surface area contributed by atoms with Crippen molar-refractivity contribution in [1.29, 1.82) is 0 Å². The number of rotatable bonds is 4. The summed E-state index contributed by atoms with van der Waals surface area (Å²) in [4.78, 5) is 23.1. The molecule has 0 atom stereocenters. The minimum Gasteiger partial charge on any atom is -0.478 e. The number of hydrogen-bond donors (Lipinski definition) is 2. The molecule has 0 aliphatic heterocycles. The van der Waals surface area contributed by atoms with Gasteiger partial charge in [-0.1, -0.05) is 29.8 Å². The van der Waals surface area contributed by atoms with Gasteiger partial charge < -0.3 is 10.4 Å². The summed E-state index contributed by atoms with van der Waals surface area (Å²) in [5.41, 5.74) is 0.718. The van der Waals surface area contributed by atoms with Gasteiger partial charge in [0, 0.05) is 11.1 Å². The quantitative estimate of drug-likeness (QED) is 0.823. The summed E-state index contributed by atoms with van der Waals surface area (Å²) < 4.78 is 13.6. The average molecular weight is 334 g/mol. The molecule has 0 bridgehead atoms. The molecule has 1 amide bonds. The molecule has 0 radical (unpaired) electrons. The minimum atomic E-state index is -1.13. The summed E-state index contributed by atoms with van der Waals surface area (Å²) >= 11 is 5.95. The van der Waals surface area contributed by atoms with Gasteiger partial charge in [0.2, 0.25) is 0 Å². The number of carboxylic acids is 1. The summed E-state index contributed by atoms with van der Waals surface area (Å²) in [7, 11) is 0. The van der Waals surface area contributed by atoms with Crippen molar-refractivity contribution in [1.82, 2.24) is 0 Å². The summed E-state index contributed by atoms with van der Waals surface area (Å²) in [5, 5.41) is 11.7. The Morgan fingerprint density at radius 2 is 1.91 bits per heavy atom. The van der Waals surface area contributed by atoms with Gasteiger partial charge in [0.25, 0.3) is 5.91 Å². The van der Waals surface area contributed by atoms with Gasteiger partial charge in [-0.25, -0.2) is 9.18 Å². The van der Waals surface area contributed by atoms with Gasteiger partial charge in [0.15, 0.2) is 0 Å². The second-order valence-electron chi connectivity index (χ2n) is 4.80. The number of nitrogens with one attached hydrogen (secondary N) is 1. The van der Waals surface area contributed by atoms with Crippen LogP contribution >= 0.6 is 11.6 Å². The normalized spacial score (nSPS) is 11.2. The van der Waals surface area contributed by atoms with Crippen molar-refractivity contribution in [3.05, 3.63) is 70.0 Å². The Hall–Kier alpha value is -2.66. The van der Waals surface area contributed by atoms with E-state index >= 15 is 0 Å². The average Bonchev–Trinajstić information content (AvgIpc) is 2.51. The lowest BCUT2D eigenvalue weighted by molar-refractivity contribution is -0.112. The first-order chi connectivity index (χ1) is 10.9. The molecule has 0 unspecified atom stereocenters. The number of carboxylic acid groups (broad SMARTS) is 1. The third-order valence-electron chi connectivity index (χ3n) is 3.10. The van der Waals surface area contributed by atoms with Gasteiger partial charge in [-0.2, -0.15) is 0 Å². The number of hydrogen-bond acceptors (Lipinski definition) is 2. The maximum atomic E-state index is 13.6. The van der Waals surface area contributed by atoms with Crippen LogP contribution in [0.15, 0.2) is 48.0 Å². The minimum absolute atomic E-state index is 0.000404. The molecule has 23 heavy (non-hydrogen) atoms. The molecule has 0 saturated carbocycles. The van der Waals surface area contributed by atoms with Crippen LogP contribution in [0, 0.1) is 5.82 Å². The van der Waals surface area contributed by atoms with Crippen molar-refractivity contribution >= 4 is 35.2 Å². The SMILES string of the molecule is C/C(=C\c1ccccc1F)C(=O)Nc1cc(C(=O)O)ccc1Cl. The van der Waals surface area contributed by atoms with E-state index in [0.29, 0.717) is 0 Å². The van der Waals surface area contributed by atoms with Crippen molar-refractivity contribution in [2.75, 3.05) is 5.32 Å². The molecular formula is C17H13ClFNO3. The topological polar surface area (TPSA) is 66.4 Å². The van der Waals surface area contributed by atoms with Crippen LogP contribution in [-0.2, 0) is 4.79 Å². The molecule has 118 valence electrons.